The summed E-state index contributed by atoms with van der Waals surface area (Å²) < 4.78 is 6.70. The van der Waals surface area contributed by atoms with E-state index < -0.39 is 12.6 Å². The van der Waals surface area contributed by atoms with Gasteiger partial charge in [-0.1, -0.05) is 23.8 Å². The van der Waals surface area contributed by atoms with Gasteiger partial charge in [0, 0.05) is 18.8 Å². The van der Waals surface area contributed by atoms with E-state index in [9.17, 15) is 9.59 Å². The summed E-state index contributed by atoms with van der Waals surface area (Å²) in [6.45, 7) is 11.2. The third-order valence-electron chi connectivity index (χ3n) is 3.63. The highest BCUT2D eigenvalue weighted by atomic mass is 35.5. The van der Waals surface area contributed by atoms with Crippen molar-refractivity contribution in [1.82, 2.24) is 19.7 Å². The average Bonchev–Trinajstić information content (AvgIpc) is 2.97. The van der Waals surface area contributed by atoms with Crippen molar-refractivity contribution in [2.75, 3.05) is 19.7 Å². The van der Waals surface area contributed by atoms with Crippen molar-refractivity contribution in [3.05, 3.63) is 65.6 Å². The third kappa shape index (κ3) is 5.04. The van der Waals surface area contributed by atoms with E-state index >= 15 is 0 Å². The van der Waals surface area contributed by atoms with Crippen molar-refractivity contribution in [2.45, 2.75) is 13.8 Å². The number of hydrogen-bond acceptors (Lipinski definition) is 5. The minimum Gasteiger partial charge on any atom is -0.451 e. The molecule has 1 amide bonds. The van der Waals surface area contributed by atoms with E-state index in [1.807, 2.05) is 19.9 Å². The Morgan fingerprint density at radius 3 is 2.48 bits per heavy atom. The van der Waals surface area contributed by atoms with Crippen molar-refractivity contribution in [3.8, 4) is 5.82 Å². The van der Waals surface area contributed by atoms with E-state index in [4.69, 9.17) is 16.3 Å². The maximum absolute atomic E-state index is 12.4. The number of rotatable bonds is 8. The van der Waals surface area contributed by atoms with Gasteiger partial charge in [-0.05, 0) is 32.0 Å². The Labute approximate surface area is 162 Å². The first kappa shape index (κ1) is 20.4. The lowest BCUT2D eigenvalue weighted by Gasteiger charge is -2.19. The molecule has 2 aromatic heterocycles. The number of ether oxygens (including phenoxy) is 1. The first-order valence-corrected chi connectivity index (χ1v) is 8.62. The van der Waals surface area contributed by atoms with Gasteiger partial charge < -0.3 is 9.64 Å². The summed E-state index contributed by atoms with van der Waals surface area (Å²) in [5.74, 6) is -0.717. The SMILES string of the molecule is C=CCN(CC=C)C(=O)COC(=O)c1nc(-n2nc(C)cc2C)ccc1Cl. The number of amides is 1. The molecule has 8 heteroatoms. The number of carbonyl (C=O) groups excluding carboxylic acids is 2. The summed E-state index contributed by atoms with van der Waals surface area (Å²) in [4.78, 5) is 30.2. The Hall–Kier alpha value is -2.93. The van der Waals surface area contributed by atoms with Gasteiger partial charge in [-0.25, -0.2) is 14.5 Å². The Morgan fingerprint density at radius 1 is 1.26 bits per heavy atom. The molecule has 2 aromatic rings. The molecule has 0 radical (unpaired) electrons. The summed E-state index contributed by atoms with van der Waals surface area (Å²) in [6.07, 6.45) is 3.17. The van der Waals surface area contributed by atoms with Crippen LogP contribution in [0.2, 0.25) is 5.02 Å². The van der Waals surface area contributed by atoms with Gasteiger partial charge in [-0.2, -0.15) is 5.10 Å². The van der Waals surface area contributed by atoms with E-state index in [0.717, 1.165) is 11.4 Å². The zero-order valence-corrected chi connectivity index (χ0v) is 16.1. The molecule has 2 heterocycles. The fourth-order valence-electron chi connectivity index (χ4n) is 2.43. The van der Waals surface area contributed by atoms with Crippen LogP contribution in [0, 0.1) is 13.8 Å². The first-order valence-electron chi connectivity index (χ1n) is 8.24. The molecular weight excluding hydrogens is 368 g/mol. The second-order valence-corrected chi connectivity index (χ2v) is 6.20. The largest absolute Gasteiger partial charge is 0.451 e. The van der Waals surface area contributed by atoms with Crippen LogP contribution in [0.1, 0.15) is 21.9 Å². The average molecular weight is 389 g/mol. The summed E-state index contributed by atoms with van der Waals surface area (Å²) in [5, 5.41) is 4.46. The normalized spacial score (nSPS) is 10.3. The van der Waals surface area contributed by atoms with Gasteiger partial charge in [0.15, 0.2) is 18.1 Å². The Morgan fingerprint density at radius 2 is 1.93 bits per heavy atom. The molecule has 0 aliphatic heterocycles. The lowest BCUT2D eigenvalue weighted by Crippen LogP contribution is -2.35. The standard InChI is InChI=1S/C19H21ClN4O3/c1-5-9-23(10-6-2)17(25)12-27-19(26)18-15(20)7-8-16(21-18)24-14(4)11-13(3)22-24/h5-8,11H,1-2,9-10,12H2,3-4H3. The van der Waals surface area contributed by atoms with Gasteiger partial charge in [0.2, 0.25) is 0 Å². The fraction of sp³-hybridized carbons (Fsp3) is 0.263. The minimum absolute atomic E-state index is 0.0755. The lowest BCUT2D eigenvalue weighted by atomic mass is 10.3. The fourth-order valence-corrected chi connectivity index (χ4v) is 2.61. The molecule has 0 saturated heterocycles. The molecule has 0 aromatic carbocycles. The highest BCUT2D eigenvalue weighted by Gasteiger charge is 2.19. The molecule has 0 aliphatic carbocycles. The van der Waals surface area contributed by atoms with Crippen LogP contribution < -0.4 is 0 Å². The molecule has 0 fully saturated rings. The molecule has 0 aliphatic rings. The molecule has 2 rings (SSSR count). The molecule has 7 nitrogen and oxygen atoms in total. The smallest absolute Gasteiger partial charge is 0.359 e. The molecule has 0 saturated carbocycles. The Bertz CT molecular complexity index is 866. The van der Waals surface area contributed by atoms with Crippen LogP contribution in [0.5, 0.6) is 0 Å². The first-order chi connectivity index (χ1) is 12.9. The lowest BCUT2D eigenvalue weighted by molar-refractivity contribution is -0.133. The Kier molecular flexibility index (Phi) is 6.90. The third-order valence-corrected chi connectivity index (χ3v) is 3.93. The molecule has 0 unspecified atom stereocenters. The quantitative estimate of drug-likeness (QED) is 0.513. The van der Waals surface area contributed by atoms with Crippen LogP contribution in [0.15, 0.2) is 43.5 Å². The maximum atomic E-state index is 12.4. The number of nitrogens with zero attached hydrogens (tertiary/aromatic N) is 4. The molecule has 0 N–H and O–H groups in total. The van der Waals surface area contributed by atoms with Crippen LogP contribution in [0.3, 0.4) is 0 Å². The molecule has 0 atom stereocenters. The molecule has 0 spiro atoms. The zero-order chi connectivity index (χ0) is 20.0. The van der Waals surface area contributed by atoms with E-state index in [2.05, 4.69) is 23.2 Å². The van der Waals surface area contributed by atoms with E-state index in [-0.39, 0.29) is 16.6 Å². The number of carbonyl (C=O) groups is 2. The molecular formula is C19H21ClN4O3. The van der Waals surface area contributed by atoms with Crippen LogP contribution in [-0.4, -0.2) is 51.2 Å². The number of pyridine rings is 1. The summed E-state index contributed by atoms with van der Waals surface area (Å²) >= 11 is 6.09. The summed E-state index contributed by atoms with van der Waals surface area (Å²) in [6, 6.07) is 5.08. The van der Waals surface area contributed by atoms with Crippen LogP contribution in [-0.2, 0) is 9.53 Å². The topological polar surface area (TPSA) is 77.3 Å². The molecule has 142 valence electrons. The van der Waals surface area contributed by atoms with Crippen molar-refractivity contribution in [3.63, 3.8) is 0 Å². The number of aryl methyl sites for hydroxylation is 2. The van der Waals surface area contributed by atoms with Gasteiger partial charge in [-0.15, -0.1) is 13.2 Å². The van der Waals surface area contributed by atoms with Crippen LogP contribution in [0.4, 0.5) is 0 Å². The van der Waals surface area contributed by atoms with Crippen molar-refractivity contribution in [1.29, 1.82) is 0 Å². The maximum Gasteiger partial charge on any atom is 0.359 e. The predicted octanol–water partition coefficient (Wildman–Crippen LogP) is 2.89. The highest BCUT2D eigenvalue weighted by molar-refractivity contribution is 6.33. The molecule has 27 heavy (non-hydrogen) atoms. The van der Waals surface area contributed by atoms with E-state index in [1.165, 1.54) is 4.90 Å². The molecule has 0 bridgehead atoms. The van der Waals surface area contributed by atoms with Crippen LogP contribution in [0.25, 0.3) is 5.82 Å². The minimum atomic E-state index is -0.783. The van der Waals surface area contributed by atoms with Gasteiger partial charge in [0.05, 0.1) is 10.7 Å². The van der Waals surface area contributed by atoms with Gasteiger partial charge in [0.1, 0.15) is 0 Å². The number of hydrogen-bond donors (Lipinski definition) is 0. The van der Waals surface area contributed by atoms with E-state index in [1.54, 1.807) is 29.0 Å². The van der Waals surface area contributed by atoms with Crippen LogP contribution >= 0.6 is 11.6 Å². The van der Waals surface area contributed by atoms with Gasteiger partial charge in [0.25, 0.3) is 5.91 Å². The van der Waals surface area contributed by atoms with Gasteiger partial charge in [-0.3, -0.25) is 4.79 Å². The monoisotopic (exact) mass is 388 g/mol. The second kappa shape index (κ2) is 9.14. The number of esters is 1. The van der Waals surface area contributed by atoms with Crippen molar-refractivity contribution in [2.24, 2.45) is 0 Å². The van der Waals surface area contributed by atoms with Crippen molar-refractivity contribution < 1.29 is 14.3 Å². The number of halogens is 1. The second-order valence-electron chi connectivity index (χ2n) is 5.79. The number of aromatic nitrogens is 3. The summed E-state index contributed by atoms with van der Waals surface area (Å²) in [5.41, 5.74) is 1.61. The van der Waals surface area contributed by atoms with Crippen molar-refractivity contribution >= 4 is 23.5 Å². The zero-order valence-electron chi connectivity index (χ0n) is 15.3. The highest BCUT2D eigenvalue weighted by Crippen LogP contribution is 2.18. The Balaban J connectivity index is 2.15. The summed E-state index contributed by atoms with van der Waals surface area (Å²) in [7, 11) is 0. The van der Waals surface area contributed by atoms with E-state index in [0.29, 0.717) is 18.9 Å². The van der Waals surface area contributed by atoms with Gasteiger partial charge >= 0.3 is 5.97 Å². The predicted molar refractivity (Wildman–Crippen MR) is 103 cm³/mol.